The number of aryl methyl sites for hydroxylation is 1. The first-order valence-corrected chi connectivity index (χ1v) is 8.17. The Morgan fingerprint density at radius 2 is 2.07 bits per heavy atom. The average molecular weight is 370 g/mol. The van der Waals surface area contributed by atoms with Crippen molar-refractivity contribution < 1.29 is 8.78 Å². The lowest BCUT2D eigenvalue weighted by Gasteiger charge is -2.15. The van der Waals surface area contributed by atoms with Gasteiger partial charge in [0.1, 0.15) is 28.9 Å². The third-order valence-electron chi connectivity index (χ3n) is 3.96. The summed E-state index contributed by atoms with van der Waals surface area (Å²) in [5.41, 5.74) is 0.677. The van der Waals surface area contributed by atoms with Gasteiger partial charge in [-0.1, -0.05) is 0 Å². The van der Waals surface area contributed by atoms with Crippen LogP contribution in [0.25, 0.3) is 11.0 Å². The molecule has 0 fully saturated rings. The van der Waals surface area contributed by atoms with Crippen LogP contribution < -0.4 is 10.6 Å². The highest BCUT2D eigenvalue weighted by Gasteiger charge is 2.16. The number of nitrogens with zero attached hydrogens (tertiary/aromatic N) is 5. The van der Waals surface area contributed by atoms with Gasteiger partial charge < -0.3 is 20.2 Å². The fourth-order valence-electron chi connectivity index (χ4n) is 2.71. The van der Waals surface area contributed by atoms with Crippen LogP contribution in [0.2, 0.25) is 0 Å². The molecular formula is C17H16F2N8. The molecule has 0 bridgehead atoms. The predicted molar refractivity (Wildman–Crippen MR) is 96.6 cm³/mol. The topological polar surface area (TPSA) is 96.3 Å². The van der Waals surface area contributed by atoms with Gasteiger partial charge >= 0.3 is 0 Å². The van der Waals surface area contributed by atoms with E-state index in [9.17, 15) is 8.78 Å². The van der Waals surface area contributed by atoms with E-state index >= 15 is 0 Å². The summed E-state index contributed by atoms with van der Waals surface area (Å²) in [4.78, 5) is 19.9. The van der Waals surface area contributed by atoms with Crippen LogP contribution >= 0.6 is 0 Å². The first-order valence-electron chi connectivity index (χ1n) is 8.17. The van der Waals surface area contributed by atoms with E-state index in [2.05, 4.69) is 35.6 Å². The van der Waals surface area contributed by atoms with Crippen molar-refractivity contribution >= 4 is 28.6 Å². The number of aromatic amines is 1. The Morgan fingerprint density at radius 3 is 2.81 bits per heavy atom. The number of fused-ring (bicyclic) bond motifs is 1. The SMILES string of the molecule is C[C@@H](Nc1nc(Nc2cn(C)cn2)c2cc[nH]c2n1)c1ncc(F)cc1F. The normalized spacial score (nSPS) is 12.3. The van der Waals surface area contributed by atoms with Crippen molar-refractivity contribution in [1.29, 1.82) is 0 Å². The van der Waals surface area contributed by atoms with Crippen molar-refractivity contribution in [3.8, 4) is 0 Å². The summed E-state index contributed by atoms with van der Waals surface area (Å²) in [6.07, 6.45) is 6.20. The van der Waals surface area contributed by atoms with Gasteiger partial charge in [-0.3, -0.25) is 4.98 Å². The molecule has 4 aromatic heterocycles. The standard InChI is InChI=1S/C17H16F2N8/c1-9(14-12(19)5-10(18)6-21-14)23-17-25-15-11(3-4-20-15)16(26-17)24-13-7-27(2)8-22-13/h3-9H,1-2H3,(H3,20,23,24,25,26)/t9-/m1/s1. The molecule has 0 radical (unpaired) electrons. The summed E-state index contributed by atoms with van der Waals surface area (Å²) in [7, 11) is 1.86. The summed E-state index contributed by atoms with van der Waals surface area (Å²) < 4.78 is 28.8. The lowest BCUT2D eigenvalue weighted by molar-refractivity contribution is 0.550. The van der Waals surface area contributed by atoms with E-state index in [-0.39, 0.29) is 11.6 Å². The number of anilines is 3. The Labute approximate surface area is 152 Å². The van der Waals surface area contributed by atoms with Crippen molar-refractivity contribution in [2.24, 2.45) is 7.05 Å². The highest BCUT2D eigenvalue weighted by atomic mass is 19.1. The monoisotopic (exact) mass is 370 g/mol. The Balaban J connectivity index is 1.65. The molecule has 0 aromatic carbocycles. The number of aromatic nitrogens is 6. The minimum absolute atomic E-state index is 0.0748. The number of H-pyrrole nitrogens is 1. The van der Waals surface area contributed by atoms with E-state index in [1.54, 1.807) is 19.4 Å². The summed E-state index contributed by atoms with van der Waals surface area (Å²) in [6, 6.07) is 2.07. The summed E-state index contributed by atoms with van der Waals surface area (Å²) in [6.45, 7) is 1.69. The van der Waals surface area contributed by atoms with Crippen LogP contribution in [0.15, 0.2) is 37.1 Å². The molecule has 0 unspecified atom stereocenters. The zero-order valence-electron chi connectivity index (χ0n) is 14.5. The molecule has 10 heteroatoms. The number of pyridine rings is 1. The Kier molecular flexibility index (Phi) is 4.15. The first kappa shape index (κ1) is 16.9. The van der Waals surface area contributed by atoms with E-state index in [1.807, 2.05) is 23.9 Å². The van der Waals surface area contributed by atoms with E-state index in [0.29, 0.717) is 17.3 Å². The second kappa shape index (κ2) is 6.63. The molecular weight excluding hydrogens is 354 g/mol. The van der Waals surface area contributed by atoms with Gasteiger partial charge in [0.05, 0.1) is 29.6 Å². The quantitative estimate of drug-likeness (QED) is 0.499. The van der Waals surface area contributed by atoms with Gasteiger partial charge in [-0.2, -0.15) is 9.97 Å². The van der Waals surface area contributed by atoms with Gasteiger partial charge in [0.2, 0.25) is 5.95 Å². The van der Waals surface area contributed by atoms with Crippen molar-refractivity contribution in [3.63, 3.8) is 0 Å². The molecule has 0 spiro atoms. The fraction of sp³-hybridized carbons (Fsp3) is 0.176. The van der Waals surface area contributed by atoms with E-state index < -0.39 is 17.7 Å². The second-order valence-corrected chi connectivity index (χ2v) is 6.07. The highest BCUT2D eigenvalue weighted by molar-refractivity contribution is 5.89. The lowest BCUT2D eigenvalue weighted by Crippen LogP contribution is -2.13. The number of hydrogen-bond donors (Lipinski definition) is 3. The van der Waals surface area contributed by atoms with Crippen molar-refractivity contribution in [2.45, 2.75) is 13.0 Å². The summed E-state index contributed by atoms with van der Waals surface area (Å²) in [5.74, 6) is -0.0234. The molecule has 0 saturated heterocycles. The number of nitrogens with one attached hydrogen (secondary N) is 3. The summed E-state index contributed by atoms with van der Waals surface area (Å²) >= 11 is 0. The molecule has 4 heterocycles. The Morgan fingerprint density at radius 1 is 1.22 bits per heavy atom. The molecule has 0 saturated carbocycles. The van der Waals surface area contributed by atoms with Gasteiger partial charge in [0.15, 0.2) is 0 Å². The maximum Gasteiger partial charge on any atom is 0.227 e. The van der Waals surface area contributed by atoms with Crippen molar-refractivity contribution in [2.75, 3.05) is 10.6 Å². The van der Waals surface area contributed by atoms with Gasteiger partial charge in [0, 0.05) is 25.5 Å². The van der Waals surface area contributed by atoms with Crippen LogP contribution in [0.4, 0.5) is 26.4 Å². The minimum atomic E-state index is -0.734. The first-order chi connectivity index (χ1) is 13.0. The number of imidazole rings is 1. The molecule has 1 atom stereocenters. The zero-order chi connectivity index (χ0) is 19.0. The smallest absolute Gasteiger partial charge is 0.227 e. The van der Waals surface area contributed by atoms with E-state index in [4.69, 9.17) is 0 Å². The van der Waals surface area contributed by atoms with Crippen molar-refractivity contribution in [3.05, 3.63) is 54.4 Å². The molecule has 3 N–H and O–H groups in total. The van der Waals surface area contributed by atoms with Gasteiger partial charge in [-0.05, 0) is 13.0 Å². The number of hydrogen-bond acceptors (Lipinski definition) is 6. The third-order valence-corrected chi connectivity index (χ3v) is 3.96. The highest BCUT2D eigenvalue weighted by Crippen LogP contribution is 2.26. The van der Waals surface area contributed by atoms with Crippen LogP contribution in [0.5, 0.6) is 0 Å². The van der Waals surface area contributed by atoms with Gasteiger partial charge in [-0.25, -0.2) is 13.8 Å². The zero-order valence-corrected chi connectivity index (χ0v) is 14.5. The molecule has 4 aromatic rings. The largest absolute Gasteiger partial charge is 0.346 e. The average Bonchev–Trinajstić information content (AvgIpc) is 3.23. The third kappa shape index (κ3) is 3.41. The molecule has 27 heavy (non-hydrogen) atoms. The minimum Gasteiger partial charge on any atom is -0.346 e. The van der Waals surface area contributed by atoms with Crippen LogP contribution in [-0.2, 0) is 7.05 Å². The fourth-order valence-corrected chi connectivity index (χ4v) is 2.71. The molecule has 8 nitrogen and oxygen atoms in total. The molecule has 0 aliphatic carbocycles. The van der Waals surface area contributed by atoms with Gasteiger partial charge in [0.25, 0.3) is 0 Å². The number of halogens is 2. The predicted octanol–water partition coefficient (Wildman–Crippen LogP) is 3.28. The van der Waals surface area contributed by atoms with Crippen molar-refractivity contribution in [1.82, 2.24) is 29.5 Å². The lowest BCUT2D eigenvalue weighted by atomic mass is 10.2. The molecule has 0 aliphatic rings. The van der Waals surface area contributed by atoms with Crippen LogP contribution in [0.3, 0.4) is 0 Å². The van der Waals surface area contributed by atoms with E-state index in [0.717, 1.165) is 17.6 Å². The Hall–Kier alpha value is -3.56. The Bertz CT molecular complexity index is 1100. The maximum atomic E-state index is 14.0. The molecule has 138 valence electrons. The van der Waals surface area contributed by atoms with Gasteiger partial charge in [-0.15, -0.1) is 0 Å². The summed E-state index contributed by atoms with van der Waals surface area (Å²) in [5, 5.41) is 6.93. The van der Waals surface area contributed by atoms with E-state index in [1.165, 1.54) is 0 Å². The maximum absolute atomic E-state index is 14.0. The van der Waals surface area contributed by atoms with Crippen LogP contribution in [-0.4, -0.2) is 29.5 Å². The second-order valence-electron chi connectivity index (χ2n) is 6.07. The molecule has 0 aliphatic heterocycles. The molecule has 0 amide bonds. The molecule has 4 rings (SSSR count). The van der Waals surface area contributed by atoms with Crippen LogP contribution in [0.1, 0.15) is 18.7 Å². The number of rotatable bonds is 5. The van der Waals surface area contributed by atoms with Crippen LogP contribution in [0, 0.1) is 11.6 Å².